The third-order valence-electron chi connectivity index (χ3n) is 2.84. The second-order valence-electron chi connectivity index (χ2n) is 4.23. The largest absolute Gasteiger partial charge is 0.416 e. The summed E-state index contributed by atoms with van der Waals surface area (Å²) in [6, 6.07) is 4.75. The zero-order chi connectivity index (χ0) is 13.4. The lowest BCUT2D eigenvalue weighted by molar-refractivity contribution is -0.159. The minimum absolute atomic E-state index is 0.237. The SMILES string of the molecule is CC1(c2ccc(C(F)(F)F)cc2)OCC(CCl)O1. The maximum absolute atomic E-state index is 12.4. The molecule has 2 unspecified atom stereocenters. The standard InChI is InChI=1S/C12H12ClF3O2/c1-11(17-7-10(6-13)18-11)8-2-4-9(5-3-8)12(14,15)16/h2-5,10H,6-7H2,1H3. The summed E-state index contributed by atoms with van der Waals surface area (Å²) in [4.78, 5) is 0. The number of ether oxygens (including phenoxy) is 2. The lowest BCUT2D eigenvalue weighted by Gasteiger charge is -2.24. The predicted octanol–water partition coefficient (Wildman–Crippen LogP) is 3.53. The first-order valence-corrected chi connectivity index (χ1v) is 5.94. The van der Waals surface area contributed by atoms with Crippen LogP contribution < -0.4 is 0 Å². The molecule has 1 aliphatic rings. The second kappa shape index (κ2) is 4.72. The molecule has 6 heteroatoms. The molecule has 0 saturated carbocycles. The minimum Gasteiger partial charge on any atom is -0.343 e. The van der Waals surface area contributed by atoms with Crippen LogP contribution in [0.15, 0.2) is 24.3 Å². The predicted molar refractivity (Wildman–Crippen MR) is 60.3 cm³/mol. The van der Waals surface area contributed by atoms with Gasteiger partial charge in [0.15, 0.2) is 5.79 Å². The average Bonchev–Trinajstić information content (AvgIpc) is 2.72. The lowest BCUT2D eigenvalue weighted by Crippen LogP contribution is -2.24. The van der Waals surface area contributed by atoms with Gasteiger partial charge in [-0.2, -0.15) is 13.2 Å². The summed E-state index contributed by atoms with van der Waals surface area (Å²) in [5, 5.41) is 0. The number of rotatable bonds is 2. The van der Waals surface area contributed by atoms with Crippen molar-refractivity contribution in [2.24, 2.45) is 0 Å². The van der Waals surface area contributed by atoms with E-state index in [9.17, 15) is 13.2 Å². The molecule has 0 spiro atoms. The molecule has 100 valence electrons. The van der Waals surface area contributed by atoms with Gasteiger partial charge in [-0.15, -0.1) is 11.6 Å². The first kappa shape index (κ1) is 13.6. The Kier molecular flexibility index (Phi) is 3.58. The molecule has 2 rings (SSSR count). The Morgan fingerprint density at radius 1 is 1.33 bits per heavy atom. The molecule has 1 aromatic carbocycles. The Morgan fingerprint density at radius 3 is 2.39 bits per heavy atom. The maximum Gasteiger partial charge on any atom is 0.416 e. The molecule has 2 nitrogen and oxygen atoms in total. The summed E-state index contributed by atoms with van der Waals surface area (Å²) in [5.74, 6) is -0.736. The van der Waals surface area contributed by atoms with Gasteiger partial charge in [-0.25, -0.2) is 0 Å². The number of hydrogen-bond donors (Lipinski definition) is 0. The van der Waals surface area contributed by atoms with Gasteiger partial charge in [0.05, 0.1) is 24.2 Å². The molecule has 0 amide bonds. The molecule has 2 atom stereocenters. The van der Waals surface area contributed by atoms with E-state index in [0.29, 0.717) is 12.2 Å². The molecule has 0 aliphatic carbocycles. The van der Waals surface area contributed by atoms with E-state index in [2.05, 4.69) is 0 Å². The van der Waals surface area contributed by atoms with Crippen molar-refractivity contribution in [3.63, 3.8) is 0 Å². The summed E-state index contributed by atoms with van der Waals surface area (Å²) < 4.78 is 48.3. The topological polar surface area (TPSA) is 18.5 Å². The highest BCUT2D eigenvalue weighted by molar-refractivity contribution is 6.18. The van der Waals surface area contributed by atoms with E-state index in [4.69, 9.17) is 21.1 Å². The van der Waals surface area contributed by atoms with Crippen molar-refractivity contribution in [1.82, 2.24) is 0 Å². The Labute approximate surface area is 108 Å². The summed E-state index contributed by atoms with van der Waals surface area (Å²) in [7, 11) is 0. The molecule has 1 fully saturated rings. The van der Waals surface area contributed by atoms with E-state index >= 15 is 0 Å². The van der Waals surface area contributed by atoms with Crippen molar-refractivity contribution in [2.75, 3.05) is 12.5 Å². The fourth-order valence-electron chi connectivity index (χ4n) is 1.83. The van der Waals surface area contributed by atoms with Gasteiger partial charge in [0.1, 0.15) is 0 Å². The zero-order valence-electron chi connectivity index (χ0n) is 9.63. The van der Waals surface area contributed by atoms with Crippen LogP contribution >= 0.6 is 11.6 Å². The van der Waals surface area contributed by atoms with Gasteiger partial charge in [-0.05, 0) is 19.1 Å². The molecule has 0 N–H and O–H groups in total. The molecule has 0 radical (unpaired) electrons. The van der Waals surface area contributed by atoms with E-state index in [0.717, 1.165) is 12.1 Å². The van der Waals surface area contributed by atoms with Crippen molar-refractivity contribution in [3.8, 4) is 0 Å². The van der Waals surface area contributed by atoms with Crippen LogP contribution in [0.1, 0.15) is 18.1 Å². The molecule has 1 saturated heterocycles. The van der Waals surface area contributed by atoms with Crippen LogP contribution in [0.3, 0.4) is 0 Å². The normalized spacial score (nSPS) is 28.6. The van der Waals surface area contributed by atoms with Crippen LogP contribution in [-0.4, -0.2) is 18.6 Å². The lowest BCUT2D eigenvalue weighted by atomic mass is 10.1. The molecule has 1 aliphatic heterocycles. The fraction of sp³-hybridized carbons (Fsp3) is 0.500. The van der Waals surface area contributed by atoms with Crippen LogP contribution in [0.5, 0.6) is 0 Å². The molecule has 1 heterocycles. The van der Waals surface area contributed by atoms with Crippen LogP contribution in [0, 0.1) is 0 Å². The number of alkyl halides is 4. The maximum atomic E-state index is 12.4. The molecular weight excluding hydrogens is 269 g/mol. The fourth-order valence-corrected chi connectivity index (χ4v) is 1.98. The van der Waals surface area contributed by atoms with Crippen molar-refractivity contribution >= 4 is 11.6 Å². The molecule has 18 heavy (non-hydrogen) atoms. The van der Waals surface area contributed by atoms with Gasteiger partial charge in [-0.3, -0.25) is 0 Å². The highest BCUT2D eigenvalue weighted by Gasteiger charge is 2.39. The highest BCUT2D eigenvalue weighted by Crippen LogP contribution is 2.36. The van der Waals surface area contributed by atoms with E-state index in [-0.39, 0.29) is 12.0 Å². The summed E-state index contributed by atoms with van der Waals surface area (Å²) in [6.07, 6.45) is -4.57. The van der Waals surface area contributed by atoms with Gasteiger partial charge in [-0.1, -0.05) is 12.1 Å². The van der Waals surface area contributed by atoms with Gasteiger partial charge >= 0.3 is 6.18 Å². The van der Waals surface area contributed by atoms with Crippen LogP contribution in [-0.2, 0) is 21.4 Å². The van der Waals surface area contributed by atoms with Gasteiger partial charge in [0.25, 0.3) is 0 Å². The van der Waals surface area contributed by atoms with E-state index in [1.165, 1.54) is 12.1 Å². The number of benzene rings is 1. The van der Waals surface area contributed by atoms with E-state index < -0.39 is 17.5 Å². The number of hydrogen-bond acceptors (Lipinski definition) is 2. The first-order valence-electron chi connectivity index (χ1n) is 5.40. The van der Waals surface area contributed by atoms with E-state index in [1.807, 2.05) is 0 Å². The summed E-state index contributed by atoms with van der Waals surface area (Å²) in [5.41, 5.74) is -0.148. The Hall–Kier alpha value is -0.780. The monoisotopic (exact) mass is 280 g/mol. The third kappa shape index (κ3) is 2.63. The van der Waals surface area contributed by atoms with Crippen molar-refractivity contribution in [1.29, 1.82) is 0 Å². The van der Waals surface area contributed by atoms with Crippen LogP contribution in [0.2, 0.25) is 0 Å². The van der Waals surface area contributed by atoms with Crippen LogP contribution in [0.4, 0.5) is 13.2 Å². The van der Waals surface area contributed by atoms with Crippen molar-refractivity contribution in [3.05, 3.63) is 35.4 Å². The third-order valence-corrected chi connectivity index (χ3v) is 3.19. The molecule has 0 bridgehead atoms. The Balaban J connectivity index is 2.20. The summed E-state index contributed by atoms with van der Waals surface area (Å²) >= 11 is 5.65. The van der Waals surface area contributed by atoms with Gasteiger partial charge in [0.2, 0.25) is 0 Å². The van der Waals surface area contributed by atoms with E-state index in [1.54, 1.807) is 6.92 Å². The highest BCUT2D eigenvalue weighted by atomic mass is 35.5. The average molecular weight is 281 g/mol. The van der Waals surface area contributed by atoms with Gasteiger partial charge < -0.3 is 9.47 Å². The molecular formula is C12H12ClF3O2. The molecule has 0 aromatic heterocycles. The molecule has 1 aromatic rings. The minimum atomic E-state index is -4.34. The quantitative estimate of drug-likeness (QED) is 0.772. The van der Waals surface area contributed by atoms with Crippen LogP contribution in [0.25, 0.3) is 0 Å². The summed E-state index contributed by atoms with van der Waals surface area (Å²) in [6.45, 7) is 2.00. The number of halogens is 4. The smallest absolute Gasteiger partial charge is 0.343 e. The Bertz CT molecular complexity index is 418. The Morgan fingerprint density at radius 2 is 1.94 bits per heavy atom. The first-order chi connectivity index (χ1) is 8.35. The second-order valence-corrected chi connectivity index (χ2v) is 4.53. The zero-order valence-corrected chi connectivity index (χ0v) is 10.4. The van der Waals surface area contributed by atoms with Gasteiger partial charge in [0, 0.05) is 5.56 Å². The van der Waals surface area contributed by atoms with Crippen molar-refractivity contribution < 1.29 is 22.6 Å². The van der Waals surface area contributed by atoms with Crippen molar-refractivity contribution in [2.45, 2.75) is 25.0 Å².